The highest BCUT2D eigenvalue weighted by Crippen LogP contribution is 2.56. The molecule has 5 rings (SSSR count). The van der Waals surface area contributed by atoms with Gasteiger partial charge in [0.25, 0.3) is 0 Å². The van der Waals surface area contributed by atoms with E-state index < -0.39 is 0 Å². The number of benzene rings is 4. The molecule has 0 amide bonds. The fraction of sp³-hybridized carbons (Fsp3) is 0.152. The van der Waals surface area contributed by atoms with Gasteiger partial charge in [0, 0.05) is 4.47 Å². The Morgan fingerprint density at radius 3 is 1.66 bits per heavy atom. The van der Waals surface area contributed by atoms with E-state index in [1.807, 2.05) is 12.2 Å². The first kappa shape index (κ1) is 23.6. The van der Waals surface area contributed by atoms with Crippen LogP contribution in [-0.2, 0) is 18.3 Å². The maximum atomic E-state index is 3.89. The first-order chi connectivity index (χ1) is 17.1. The molecule has 1 aliphatic rings. The van der Waals surface area contributed by atoms with Gasteiger partial charge in [-0.05, 0) is 82.3 Å². The quantitative estimate of drug-likeness (QED) is 0.150. The highest BCUT2D eigenvalue weighted by molar-refractivity contribution is 9.10. The van der Waals surface area contributed by atoms with Crippen LogP contribution >= 0.6 is 15.9 Å². The number of aryl methyl sites for hydroxylation is 2. The maximum Gasteiger partial charge on any atom is 0.139 e. The second-order valence-electron chi connectivity index (χ2n) is 9.54. The Labute approximate surface area is 219 Å². The van der Waals surface area contributed by atoms with E-state index in [2.05, 4.69) is 122 Å². The van der Waals surface area contributed by atoms with Crippen LogP contribution in [-0.4, -0.2) is 7.85 Å². The molecule has 0 atom stereocenters. The van der Waals surface area contributed by atoms with Crippen molar-refractivity contribution in [2.45, 2.75) is 31.1 Å². The van der Waals surface area contributed by atoms with Gasteiger partial charge in [-0.15, -0.1) is 13.2 Å². The van der Waals surface area contributed by atoms with Crippen molar-refractivity contribution >= 4 is 29.2 Å². The molecule has 35 heavy (non-hydrogen) atoms. The van der Waals surface area contributed by atoms with E-state index in [1.165, 1.54) is 50.0 Å². The molecule has 0 fully saturated rings. The smallest absolute Gasteiger partial charge is 0.103 e. The molecular formula is C33H30BBr. The lowest BCUT2D eigenvalue weighted by atomic mass is 9.67. The lowest BCUT2D eigenvalue weighted by Gasteiger charge is -2.34. The molecule has 0 aliphatic heterocycles. The zero-order valence-electron chi connectivity index (χ0n) is 20.4. The van der Waals surface area contributed by atoms with Crippen molar-refractivity contribution in [2.75, 3.05) is 0 Å². The first-order valence-electron chi connectivity index (χ1n) is 12.4. The Morgan fingerprint density at radius 2 is 1.14 bits per heavy atom. The molecule has 0 unspecified atom stereocenters. The average Bonchev–Trinajstić information content (AvgIpc) is 3.16. The maximum absolute atomic E-state index is 3.89. The van der Waals surface area contributed by atoms with E-state index in [4.69, 9.17) is 0 Å². The van der Waals surface area contributed by atoms with Crippen LogP contribution in [0.2, 0.25) is 0 Å². The number of hydrogen-bond donors (Lipinski definition) is 0. The Balaban J connectivity index is 1.78. The SMILES string of the molecule is Bc1ccc2c(c1)C(c1ccc(CCC=C)cc1)(c1ccc(CCC=C)cc1)c1cc(Br)ccc1-2. The largest absolute Gasteiger partial charge is 0.139 e. The number of allylic oxidation sites excluding steroid dienone is 2. The summed E-state index contributed by atoms with van der Waals surface area (Å²) in [6, 6.07) is 32.2. The fourth-order valence-corrected chi connectivity index (χ4v) is 5.94. The zero-order chi connectivity index (χ0) is 24.4. The molecule has 4 aromatic carbocycles. The van der Waals surface area contributed by atoms with Crippen LogP contribution in [0.15, 0.2) is 115 Å². The van der Waals surface area contributed by atoms with Gasteiger partial charge in [-0.3, -0.25) is 0 Å². The van der Waals surface area contributed by atoms with Crippen LogP contribution in [0.3, 0.4) is 0 Å². The minimum absolute atomic E-state index is 0.367. The lowest BCUT2D eigenvalue weighted by molar-refractivity contribution is 0.766. The number of fused-ring (bicyclic) bond motifs is 3. The van der Waals surface area contributed by atoms with Crippen molar-refractivity contribution in [3.05, 3.63) is 148 Å². The molecule has 0 saturated carbocycles. The van der Waals surface area contributed by atoms with Crippen molar-refractivity contribution in [2.24, 2.45) is 0 Å². The third-order valence-electron chi connectivity index (χ3n) is 7.30. The van der Waals surface area contributed by atoms with Gasteiger partial charge in [0.05, 0.1) is 5.41 Å². The normalized spacial score (nSPS) is 13.2. The second kappa shape index (κ2) is 9.87. The Bertz CT molecular complexity index is 1270. The molecule has 0 aromatic heterocycles. The third-order valence-corrected chi connectivity index (χ3v) is 7.80. The molecule has 172 valence electrons. The molecular weight excluding hydrogens is 487 g/mol. The summed E-state index contributed by atoms with van der Waals surface area (Å²) in [7, 11) is 2.20. The predicted octanol–water partition coefficient (Wildman–Crippen LogP) is 7.31. The van der Waals surface area contributed by atoms with Crippen LogP contribution in [0, 0.1) is 0 Å². The minimum Gasteiger partial charge on any atom is -0.103 e. The molecule has 0 heterocycles. The van der Waals surface area contributed by atoms with Gasteiger partial charge in [-0.25, -0.2) is 0 Å². The van der Waals surface area contributed by atoms with Crippen molar-refractivity contribution in [1.29, 1.82) is 0 Å². The average molecular weight is 517 g/mol. The van der Waals surface area contributed by atoms with E-state index in [9.17, 15) is 0 Å². The summed E-state index contributed by atoms with van der Waals surface area (Å²) >= 11 is 3.78. The van der Waals surface area contributed by atoms with E-state index in [0.29, 0.717) is 0 Å². The molecule has 2 heteroatoms. The molecule has 1 aliphatic carbocycles. The molecule has 0 radical (unpaired) electrons. The summed E-state index contributed by atoms with van der Waals surface area (Å²) in [4.78, 5) is 0. The van der Waals surface area contributed by atoms with Crippen molar-refractivity contribution in [3.63, 3.8) is 0 Å². The monoisotopic (exact) mass is 516 g/mol. The summed E-state index contributed by atoms with van der Waals surface area (Å²) in [5.74, 6) is 0. The van der Waals surface area contributed by atoms with Gasteiger partial charge < -0.3 is 0 Å². The molecule has 4 aromatic rings. The van der Waals surface area contributed by atoms with Crippen LogP contribution in [0.1, 0.15) is 46.2 Å². The van der Waals surface area contributed by atoms with Gasteiger partial charge in [-0.2, -0.15) is 0 Å². The molecule has 0 N–H and O–H groups in total. The van der Waals surface area contributed by atoms with Gasteiger partial charge in [-0.1, -0.05) is 106 Å². The lowest BCUT2D eigenvalue weighted by Crippen LogP contribution is -2.29. The predicted molar refractivity (Wildman–Crippen MR) is 157 cm³/mol. The van der Waals surface area contributed by atoms with E-state index in [-0.39, 0.29) is 5.41 Å². The first-order valence-corrected chi connectivity index (χ1v) is 13.2. The Kier molecular flexibility index (Phi) is 6.67. The minimum atomic E-state index is -0.367. The Morgan fingerprint density at radius 1 is 0.657 bits per heavy atom. The number of halogens is 1. The summed E-state index contributed by atoms with van der Waals surface area (Å²) < 4.78 is 1.11. The Hall–Kier alpha value is -3.10. The van der Waals surface area contributed by atoms with Gasteiger partial charge in [0.15, 0.2) is 0 Å². The fourth-order valence-electron chi connectivity index (χ4n) is 5.58. The van der Waals surface area contributed by atoms with Crippen LogP contribution < -0.4 is 5.46 Å². The van der Waals surface area contributed by atoms with Crippen LogP contribution in [0.4, 0.5) is 0 Å². The second-order valence-corrected chi connectivity index (χ2v) is 10.5. The van der Waals surface area contributed by atoms with E-state index in [0.717, 1.165) is 30.2 Å². The van der Waals surface area contributed by atoms with Gasteiger partial charge >= 0.3 is 0 Å². The molecule has 0 bridgehead atoms. The molecule has 0 nitrogen and oxygen atoms in total. The topological polar surface area (TPSA) is 0 Å². The molecule has 0 spiro atoms. The standard InChI is InChI=1S/C33H30BBr/c1-3-5-7-23-9-13-25(14-10-23)33(26-15-11-24(12-16-26)8-6-4-2)31-21-27(34)17-19-29(31)30-20-18-28(35)22-32(30)33/h3-4,9-22H,1-2,5-8,34H2. The number of rotatable bonds is 8. The van der Waals surface area contributed by atoms with Crippen molar-refractivity contribution in [3.8, 4) is 11.1 Å². The summed E-state index contributed by atoms with van der Waals surface area (Å²) in [6.07, 6.45) is 8.02. The van der Waals surface area contributed by atoms with E-state index >= 15 is 0 Å². The van der Waals surface area contributed by atoms with Gasteiger partial charge in [0.2, 0.25) is 0 Å². The molecule has 0 saturated heterocycles. The van der Waals surface area contributed by atoms with Crippen LogP contribution in [0.25, 0.3) is 11.1 Å². The summed E-state index contributed by atoms with van der Waals surface area (Å²) in [6.45, 7) is 7.78. The van der Waals surface area contributed by atoms with Gasteiger partial charge in [0.1, 0.15) is 7.85 Å². The highest BCUT2D eigenvalue weighted by Gasteiger charge is 2.46. The van der Waals surface area contributed by atoms with Crippen molar-refractivity contribution in [1.82, 2.24) is 0 Å². The summed E-state index contributed by atoms with van der Waals surface area (Å²) in [5, 5.41) is 0. The number of hydrogen-bond acceptors (Lipinski definition) is 0. The van der Waals surface area contributed by atoms with E-state index in [1.54, 1.807) is 0 Å². The third kappa shape index (κ3) is 4.15. The van der Waals surface area contributed by atoms with Crippen LogP contribution in [0.5, 0.6) is 0 Å². The summed E-state index contributed by atoms with van der Waals surface area (Å²) in [5.41, 5.74) is 11.6. The highest BCUT2D eigenvalue weighted by atomic mass is 79.9. The zero-order valence-corrected chi connectivity index (χ0v) is 21.9. The van der Waals surface area contributed by atoms with Crippen molar-refractivity contribution < 1.29 is 0 Å².